The molecule has 1 aromatic carbocycles. The molecule has 0 spiro atoms. The van der Waals surface area contributed by atoms with Crippen molar-refractivity contribution in [2.24, 2.45) is 5.92 Å². The highest BCUT2D eigenvalue weighted by Gasteiger charge is 2.45. The van der Waals surface area contributed by atoms with Crippen molar-refractivity contribution in [3.63, 3.8) is 0 Å². The molecule has 142 valence electrons. The van der Waals surface area contributed by atoms with Crippen molar-refractivity contribution in [1.29, 1.82) is 0 Å². The third-order valence-electron chi connectivity index (χ3n) is 4.60. The largest absolute Gasteiger partial charge is 0.493 e. The number of nitrogens with zero attached hydrogens (tertiary/aromatic N) is 3. The van der Waals surface area contributed by atoms with Crippen LogP contribution in [-0.2, 0) is 0 Å². The summed E-state index contributed by atoms with van der Waals surface area (Å²) in [5.74, 6) is -0.303. The fraction of sp³-hybridized carbons (Fsp3) is 0.556. The van der Waals surface area contributed by atoms with Gasteiger partial charge in [-0.2, -0.15) is 0 Å². The number of benzene rings is 1. The molecule has 0 atom stereocenters. The second-order valence-electron chi connectivity index (χ2n) is 6.92. The van der Waals surface area contributed by atoms with E-state index in [1.807, 2.05) is 11.9 Å². The summed E-state index contributed by atoms with van der Waals surface area (Å²) in [6.45, 7) is 3.46. The summed E-state index contributed by atoms with van der Waals surface area (Å²) in [4.78, 5) is 10.5. The minimum atomic E-state index is -2.47. The zero-order valence-electron chi connectivity index (χ0n) is 15.3. The minimum absolute atomic E-state index is 0.0185. The topological polar surface area (TPSA) is 73.5 Å². The van der Waals surface area contributed by atoms with Gasteiger partial charge in [0.25, 0.3) is 0 Å². The van der Waals surface area contributed by atoms with E-state index < -0.39 is 5.92 Å². The lowest BCUT2D eigenvalue weighted by Crippen LogP contribution is -2.42. The maximum atomic E-state index is 12.9. The second kappa shape index (κ2) is 7.19. The van der Waals surface area contributed by atoms with Crippen LogP contribution in [-0.4, -0.2) is 54.6 Å². The molecule has 3 rings (SSSR count). The van der Waals surface area contributed by atoms with E-state index in [1.165, 1.54) is 0 Å². The molecule has 0 saturated heterocycles. The number of aryl methyl sites for hydroxylation is 1. The summed E-state index contributed by atoms with van der Waals surface area (Å²) in [7, 11) is 3.47. The maximum Gasteiger partial charge on any atom is 0.248 e. The molecule has 0 bridgehead atoms. The maximum absolute atomic E-state index is 12.9. The third kappa shape index (κ3) is 4.12. The van der Waals surface area contributed by atoms with Crippen molar-refractivity contribution in [2.45, 2.75) is 25.7 Å². The molecule has 2 N–H and O–H groups in total. The Morgan fingerprint density at radius 1 is 1.27 bits per heavy atom. The number of likely N-dealkylation sites (N-methyl/N-ethyl adjacent to an activating group) is 1. The molecular weight excluding hydrogens is 342 g/mol. The number of fused-ring (bicyclic) bond motifs is 1. The van der Waals surface area contributed by atoms with Gasteiger partial charge in [-0.25, -0.2) is 18.7 Å². The van der Waals surface area contributed by atoms with E-state index in [2.05, 4.69) is 9.97 Å². The first kappa shape index (κ1) is 18.6. The van der Waals surface area contributed by atoms with E-state index in [1.54, 1.807) is 26.2 Å². The number of halogens is 2. The van der Waals surface area contributed by atoms with Crippen molar-refractivity contribution in [1.82, 2.24) is 14.9 Å². The normalized spacial score (nSPS) is 16.7. The van der Waals surface area contributed by atoms with Gasteiger partial charge >= 0.3 is 0 Å². The molecule has 0 aliphatic heterocycles. The highest BCUT2D eigenvalue weighted by molar-refractivity contribution is 5.90. The first-order valence-corrected chi connectivity index (χ1v) is 8.58. The summed E-state index contributed by atoms with van der Waals surface area (Å²) in [5, 5.41) is 0.705. The van der Waals surface area contributed by atoms with E-state index in [9.17, 15) is 8.78 Å². The van der Waals surface area contributed by atoms with Gasteiger partial charge in [-0.3, -0.25) is 0 Å². The lowest BCUT2D eigenvalue weighted by molar-refractivity contribution is -0.115. The molecule has 1 fully saturated rings. The lowest BCUT2D eigenvalue weighted by Gasteiger charge is -2.37. The van der Waals surface area contributed by atoms with Gasteiger partial charge in [0.05, 0.1) is 12.6 Å². The Morgan fingerprint density at radius 2 is 2.00 bits per heavy atom. The molecule has 0 radical (unpaired) electrons. The Hall–Kier alpha value is -2.22. The van der Waals surface area contributed by atoms with Crippen LogP contribution in [0.2, 0.25) is 0 Å². The van der Waals surface area contributed by atoms with E-state index in [-0.39, 0.29) is 18.8 Å². The number of methoxy groups -OCH3 is 1. The van der Waals surface area contributed by atoms with Crippen molar-refractivity contribution in [3.05, 3.63) is 18.0 Å². The molecule has 2 aromatic rings. The van der Waals surface area contributed by atoms with Crippen LogP contribution < -0.4 is 15.2 Å². The van der Waals surface area contributed by atoms with Crippen LogP contribution in [0.4, 0.5) is 14.6 Å². The number of rotatable bonds is 7. The molecule has 1 aliphatic rings. The number of anilines is 1. The van der Waals surface area contributed by atoms with E-state index in [0.717, 1.165) is 0 Å². The zero-order chi connectivity index (χ0) is 18.9. The summed E-state index contributed by atoms with van der Waals surface area (Å²) in [6.07, 6.45) is -0.0369. The molecule has 1 saturated carbocycles. The number of hydrogen-bond acceptors (Lipinski definition) is 6. The number of nitrogens with two attached hydrogens (primary N) is 1. The van der Waals surface area contributed by atoms with Crippen LogP contribution in [0, 0.1) is 12.8 Å². The highest BCUT2D eigenvalue weighted by atomic mass is 19.3. The van der Waals surface area contributed by atoms with Crippen LogP contribution in [0.25, 0.3) is 10.9 Å². The minimum Gasteiger partial charge on any atom is -0.493 e. The Balaban J connectivity index is 1.61. The van der Waals surface area contributed by atoms with Crippen LogP contribution in [0.3, 0.4) is 0 Å². The van der Waals surface area contributed by atoms with Gasteiger partial charge in [0.2, 0.25) is 5.92 Å². The van der Waals surface area contributed by atoms with E-state index >= 15 is 0 Å². The SMILES string of the molecule is COc1cc2nc(C)nc(N)c2cc1OCCN(C)CC1CC(F)(F)C1. The molecule has 1 heterocycles. The van der Waals surface area contributed by atoms with Crippen molar-refractivity contribution < 1.29 is 18.3 Å². The van der Waals surface area contributed by atoms with Crippen molar-refractivity contribution in [2.75, 3.05) is 39.6 Å². The monoisotopic (exact) mass is 366 g/mol. The predicted molar refractivity (Wildman–Crippen MR) is 95.9 cm³/mol. The van der Waals surface area contributed by atoms with E-state index in [0.29, 0.717) is 53.7 Å². The first-order valence-electron chi connectivity index (χ1n) is 8.58. The lowest BCUT2D eigenvalue weighted by atomic mass is 9.81. The Morgan fingerprint density at radius 3 is 2.65 bits per heavy atom. The van der Waals surface area contributed by atoms with Gasteiger partial charge in [0, 0.05) is 37.4 Å². The van der Waals surface area contributed by atoms with Crippen LogP contribution >= 0.6 is 0 Å². The predicted octanol–water partition coefficient (Wildman–Crippen LogP) is 2.88. The average Bonchev–Trinajstić information content (AvgIpc) is 2.52. The Bertz CT molecular complexity index is 792. The number of hydrogen-bond donors (Lipinski definition) is 1. The van der Waals surface area contributed by atoms with Gasteiger partial charge in [-0.1, -0.05) is 0 Å². The molecular formula is C18H24F2N4O2. The van der Waals surface area contributed by atoms with Crippen LogP contribution in [0.1, 0.15) is 18.7 Å². The average molecular weight is 366 g/mol. The fourth-order valence-electron chi connectivity index (χ4n) is 3.31. The van der Waals surface area contributed by atoms with Crippen molar-refractivity contribution >= 4 is 16.7 Å². The highest BCUT2D eigenvalue weighted by Crippen LogP contribution is 2.42. The molecule has 8 heteroatoms. The smallest absolute Gasteiger partial charge is 0.248 e. The molecule has 26 heavy (non-hydrogen) atoms. The summed E-state index contributed by atoms with van der Waals surface area (Å²) < 4.78 is 37.0. The van der Waals surface area contributed by atoms with Gasteiger partial charge < -0.3 is 20.1 Å². The van der Waals surface area contributed by atoms with Crippen molar-refractivity contribution in [3.8, 4) is 11.5 Å². The fourth-order valence-corrected chi connectivity index (χ4v) is 3.31. The molecule has 0 amide bonds. The van der Waals surface area contributed by atoms with E-state index in [4.69, 9.17) is 15.2 Å². The summed E-state index contributed by atoms with van der Waals surface area (Å²) >= 11 is 0. The van der Waals surface area contributed by atoms with Gasteiger partial charge in [-0.15, -0.1) is 0 Å². The second-order valence-corrected chi connectivity index (χ2v) is 6.92. The number of aromatic nitrogens is 2. The molecule has 1 aliphatic carbocycles. The summed E-state index contributed by atoms with van der Waals surface area (Å²) in [5.41, 5.74) is 6.67. The summed E-state index contributed by atoms with van der Waals surface area (Å²) in [6, 6.07) is 3.55. The standard InChI is InChI=1S/C18H24F2N4O2/c1-11-22-14-7-15(25-3)16(6-13(14)17(21)23-11)26-5-4-24(2)10-12-8-18(19,20)9-12/h6-7,12H,4-5,8-10H2,1-3H3,(H2,21,22,23). The zero-order valence-corrected chi connectivity index (χ0v) is 15.3. The van der Waals surface area contributed by atoms with Crippen LogP contribution in [0.5, 0.6) is 11.5 Å². The molecule has 0 unspecified atom stereocenters. The first-order chi connectivity index (χ1) is 12.3. The number of alkyl halides is 2. The Kier molecular flexibility index (Phi) is 5.13. The number of ether oxygens (including phenoxy) is 2. The van der Waals surface area contributed by atoms with Crippen LogP contribution in [0.15, 0.2) is 12.1 Å². The van der Waals surface area contributed by atoms with Gasteiger partial charge in [0.15, 0.2) is 11.5 Å². The van der Waals surface area contributed by atoms with Gasteiger partial charge in [0.1, 0.15) is 18.2 Å². The third-order valence-corrected chi connectivity index (χ3v) is 4.60. The van der Waals surface area contributed by atoms with Gasteiger partial charge in [-0.05, 0) is 26.0 Å². The number of nitrogen functional groups attached to an aromatic ring is 1. The quantitative estimate of drug-likeness (QED) is 0.812. The molecule has 6 nitrogen and oxygen atoms in total. The molecule has 1 aromatic heterocycles. The Labute approximate surface area is 151 Å².